The fourth-order valence-corrected chi connectivity index (χ4v) is 5.03. The van der Waals surface area contributed by atoms with Crippen molar-refractivity contribution in [2.24, 2.45) is 5.73 Å². The smallest absolute Gasteiger partial charge is 0.287 e. The van der Waals surface area contributed by atoms with E-state index in [1.807, 2.05) is 35.2 Å². The van der Waals surface area contributed by atoms with Crippen LogP contribution in [0, 0.1) is 0 Å². The lowest BCUT2D eigenvalue weighted by molar-refractivity contribution is 0.0968. The lowest BCUT2D eigenvalue weighted by Gasteiger charge is -2.35. The molecule has 0 spiro atoms. The molecule has 12 heteroatoms. The second-order valence-electron chi connectivity index (χ2n) is 7.17. The molecule has 10 nitrogen and oxygen atoms in total. The number of nitrogens with two attached hydrogens (primary N) is 1. The van der Waals surface area contributed by atoms with Crippen LogP contribution in [0.25, 0.3) is 0 Å². The van der Waals surface area contributed by atoms with Gasteiger partial charge in [0.2, 0.25) is 5.09 Å². The number of aromatic nitrogens is 2. The van der Waals surface area contributed by atoms with Crippen LogP contribution >= 0.6 is 11.6 Å². The zero-order chi connectivity index (χ0) is 22.9. The summed E-state index contributed by atoms with van der Waals surface area (Å²) in [5.74, 6) is -1.07. The molecule has 1 aromatic carbocycles. The molecule has 3 aromatic rings. The summed E-state index contributed by atoms with van der Waals surface area (Å²) in [6.45, 7) is 1.16. The summed E-state index contributed by atoms with van der Waals surface area (Å²) in [5, 5.41) is 3.92. The number of piperazine rings is 1. The minimum absolute atomic E-state index is 0.0318. The molecule has 0 saturated carbocycles. The average molecular weight is 478 g/mol. The largest absolute Gasteiger partial charge is 0.438 e. The first-order valence-corrected chi connectivity index (χ1v) is 11.5. The molecule has 0 unspecified atom stereocenters. The molecule has 0 bridgehead atoms. The van der Waals surface area contributed by atoms with E-state index in [0.29, 0.717) is 25.3 Å². The number of furan rings is 1. The predicted octanol–water partition coefficient (Wildman–Crippen LogP) is 1.15. The summed E-state index contributed by atoms with van der Waals surface area (Å²) < 4.78 is 33.2. The van der Waals surface area contributed by atoms with Crippen LogP contribution in [-0.2, 0) is 16.6 Å². The number of halogens is 1. The van der Waals surface area contributed by atoms with E-state index in [1.54, 1.807) is 0 Å². The SMILES string of the molecule is NC(=O)c1ccc(S(=O)(=O)N2CCN(c3cnn(Cc4ccccc4)c(=O)c3Cl)CC2)o1. The quantitative estimate of drug-likeness (QED) is 0.563. The van der Waals surface area contributed by atoms with Crippen molar-refractivity contribution in [2.45, 2.75) is 11.6 Å². The fourth-order valence-electron chi connectivity index (χ4n) is 3.43. The van der Waals surface area contributed by atoms with Gasteiger partial charge < -0.3 is 15.1 Å². The second-order valence-corrected chi connectivity index (χ2v) is 9.41. The summed E-state index contributed by atoms with van der Waals surface area (Å²) in [6, 6.07) is 11.8. The topological polar surface area (TPSA) is 132 Å². The number of benzene rings is 1. The molecular formula is C20H20ClN5O5S. The molecule has 1 aliphatic rings. The minimum Gasteiger partial charge on any atom is -0.438 e. The Morgan fingerprint density at radius 1 is 1.09 bits per heavy atom. The van der Waals surface area contributed by atoms with Gasteiger partial charge in [0, 0.05) is 26.2 Å². The molecule has 0 radical (unpaired) electrons. The third kappa shape index (κ3) is 4.27. The van der Waals surface area contributed by atoms with Gasteiger partial charge in [-0.3, -0.25) is 9.59 Å². The van der Waals surface area contributed by atoms with E-state index >= 15 is 0 Å². The summed E-state index contributed by atoms with van der Waals surface area (Å²) in [7, 11) is -3.92. The van der Waals surface area contributed by atoms with Gasteiger partial charge >= 0.3 is 0 Å². The predicted molar refractivity (Wildman–Crippen MR) is 117 cm³/mol. The van der Waals surface area contributed by atoms with E-state index < -0.39 is 21.5 Å². The molecule has 2 aromatic heterocycles. The highest BCUT2D eigenvalue weighted by atomic mass is 35.5. The molecule has 32 heavy (non-hydrogen) atoms. The molecule has 1 fully saturated rings. The van der Waals surface area contributed by atoms with Crippen molar-refractivity contribution in [3.8, 4) is 0 Å². The van der Waals surface area contributed by atoms with Gasteiger partial charge in [-0.2, -0.15) is 9.40 Å². The molecule has 4 rings (SSSR count). The molecule has 3 heterocycles. The number of amides is 1. The van der Waals surface area contributed by atoms with Gasteiger partial charge in [0.25, 0.3) is 21.5 Å². The van der Waals surface area contributed by atoms with E-state index in [4.69, 9.17) is 21.8 Å². The molecule has 1 saturated heterocycles. The molecule has 2 N–H and O–H groups in total. The molecule has 1 aliphatic heterocycles. The molecule has 0 atom stereocenters. The highest BCUT2D eigenvalue weighted by Gasteiger charge is 2.32. The number of carbonyl (C=O) groups excluding carboxylic acids is 1. The monoisotopic (exact) mass is 477 g/mol. The highest BCUT2D eigenvalue weighted by molar-refractivity contribution is 7.89. The van der Waals surface area contributed by atoms with Gasteiger partial charge in [-0.25, -0.2) is 13.1 Å². The van der Waals surface area contributed by atoms with E-state index in [-0.39, 0.29) is 29.0 Å². The summed E-state index contributed by atoms with van der Waals surface area (Å²) >= 11 is 6.35. The average Bonchev–Trinajstić information content (AvgIpc) is 3.30. The van der Waals surface area contributed by atoms with Gasteiger partial charge in [0.15, 0.2) is 5.76 Å². The maximum atomic E-state index is 12.8. The Balaban J connectivity index is 1.47. The summed E-state index contributed by atoms with van der Waals surface area (Å²) in [4.78, 5) is 25.7. The van der Waals surface area contributed by atoms with Gasteiger partial charge in [0.1, 0.15) is 5.02 Å². The van der Waals surface area contributed by atoms with Gasteiger partial charge in [0.05, 0.1) is 18.4 Å². The number of nitrogens with zero attached hydrogens (tertiary/aromatic N) is 4. The zero-order valence-corrected chi connectivity index (χ0v) is 18.4. The third-order valence-electron chi connectivity index (χ3n) is 5.14. The Morgan fingerprint density at radius 2 is 1.78 bits per heavy atom. The van der Waals surface area contributed by atoms with E-state index in [1.165, 1.54) is 27.3 Å². The Bertz CT molecular complexity index is 1300. The van der Waals surface area contributed by atoms with Crippen molar-refractivity contribution in [1.29, 1.82) is 0 Å². The highest BCUT2D eigenvalue weighted by Crippen LogP contribution is 2.25. The van der Waals surface area contributed by atoms with Crippen LogP contribution in [0.2, 0.25) is 5.02 Å². The van der Waals surface area contributed by atoms with E-state index in [0.717, 1.165) is 5.56 Å². The van der Waals surface area contributed by atoms with E-state index in [2.05, 4.69) is 5.10 Å². The molecule has 1 amide bonds. The van der Waals surface area contributed by atoms with Crippen LogP contribution in [0.3, 0.4) is 0 Å². The molecular weight excluding hydrogens is 458 g/mol. The molecule has 0 aliphatic carbocycles. The number of primary amides is 1. The summed E-state index contributed by atoms with van der Waals surface area (Å²) in [6.07, 6.45) is 1.52. The van der Waals surface area contributed by atoms with Crippen molar-refractivity contribution < 1.29 is 17.6 Å². The van der Waals surface area contributed by atoms with Gasteiger partial charge in [-0.05, 0) is 17.7 Å². The van der Waals surface area contributed by atoms with Crippen LogP contribution in [0.15, 0.2) is 63.0 Å². The zero-order valence-electron chi connectivity index (χ0n) is 16.8. The van der Waals surface area contributed by atoms with Crippen LogP contribution in [0.4, 0.5) is 5.69 Å². The van der Waals surface area contributed by atoms with E-state index in [9.17, 15) is 18.0 Å². The Kier molecular flexibility index (Phi) is 6.04. The fraction of sp³-hybridized carbons (Fsp3) is 0.250. The first-order valence-electron chi connectivity index (χ1n) is 9.71. The van der Waals surface area contributed by atoms with Crippen molar-refractivity contribution in [1.82, 2.24) is 14.1 Å². The lowest BCUT2D eigenvalue weighted by atomic mass is 10.2. The van der Waals surface area contributed by atoms with Crippen molar-refractivity contribution >= 4 is 33.2 Å². The van der Waals surface area contributed by atoms with Crippen molar-refractivity contribution in [2.75, 3.05) is 31.1 Å². The van der Waals surface area contributed by atoms with Crippen molar-refractivity contribution in [3.63, 3.8) is 0 Å². The summed E-state index contributed by atoms with van der Waals surface area (Å²) in [5.41, 5.74) is 6.07. The standard InChI is InChI=1S/C20H20ClN5O5S/c21-18-15(12-23-26(20(18)28)13-14-4-2-1-3-5-14)24-8-10-25(11-9-24)32(29,30)17-7-6-16(31-17)19(22)27/h1-7,12H,8-11,13H2,(H2,22,27). The second kappa shape index (κ2) is 8.77. The third-order valence-corrected chi connectivity index (χ3v) is 7.27. The Morgan fingerprint density at radius 3 is 2.41 bits per heavy atom. The number of rotatable bonds is 6. The Labute approximate surface area is 188 Å². The normalized spacial score (nSPS) is 15.1. The number of hydrogen-bond acceptors (Lipinski definition) is 7. The number of anilines is 1. The minimum atomic E-state index is -3.92. The Hall–Kier alpha value is -3.15. The van der Waals surface area contributed by atoms with Crippen LogP contribution in [0.5, 0.6) is 0 Å². The van der Waals surface area contributed by atoms with Gasteiger partial charge in [-0.15, -0.1) is 0 Å². The van der Waals surface area contributed by atoms with Crippen molar-refractivity contribution in [3.05, 3.63) is 75.4 Å². The maximum Gasteiger partial charge on any atom is 0.287 e. The number of hydrogen-bond donors (Lipinski definition) is 1. The first-order chi connectivity index (χ1) is 15.3. The van der Waals surface area contributed by atoms with Crippen LogP contribution in [0.1, 0.15) is 16.1 Å². The van der Waals surface area contributed by atoms with Crippen LogP contribution < -0.4 is 16.2 Å². The first kappa shape index (κ1) is 22.1. The number of sulfonamides is 1. The molecule has 168 valence electrons. The number of carbonyl (C=O) groups is 1. The van der Waals surface area contributed by atoms with Gasteiger partial charge in [-0.1, -0.05) is 41.9 Å². The maximum absolute atomic E-state index is 12.8. The van der Waals surface area contributed by atoms with Crippen LogP contribution in [-0.4, -0.2) is 54.6 Å². The lowest BCUT2D eigenvalue weighted by Crippen LogP contribution is -2.49.